The highest BCUT2D eigenvalue weighted by Crippen LogP contribution is 2.54. The zero-order valence-corrected chi connectivity index (χ0v) is 11.2. The lowest BCUT2D eigenvalue weighted by Crippen LogP contribution is -2.42. The highest BCUT2D eigenvalue weighted by atomic mass is 16.6. The first-order valence-electron chi connectivity index (χ1n) is 7.02. The Kier molecular flexibility index (Phi) is 2.60. The lowest BCUT2D eigenvalue weighted by molar-refractivity contribution is -0.149. The monoisotopic (exact) mass is 250 g/mol. The summed E-state index contributed by atoms with van der Waals surface area (Å²) in [4.78, 5) is 11.8. The second-order valence-corrected chi connectivity index (χ2v) is 6.58. The van der Waals surface area contributed by atoms with Crippen LogP contribution >= 0.6 is 0 Å². The molecule has 1 aliphatic heterocycles. The number of fused-ring (bicyclic) bond motifs is 3. The molecule has 1 N–H and O–H groups in total. The number of hydrogen-bond donors (Lipinski definition) is 1. The third kappa shape index (κ3) is 1.56. The molecule has 0 aromatic rings. The average Bonchev–Trinajstić information content (AvgIpc) is 2.69. The SMILES string of the molecule is C=C1CC[C@@H]2[C@@H](OC(=O)[C@H]2C)[C@H]2[C@@H]1CC[C@]2(C)O. The molecular formula is C15H22O3. The first-order valence-corrected chi connectivity index (χ1v) is 7.02. The van der Waals surface area contributed by atoms with Gasteiger partial charge in [0, 0.05) is 11.8 Å². The molecule has 6 atom stereocenters. The van der Waals surface area contributed by atoms with E-state index < -0.39 is 5.60 Å². The van der Waals surface area contributed by atoms with Crippen molar-refractivity contribution in [2.24, 2.45) is 23.7 Å². The van der Waals surface area contributed by atoms with Crippen LogP contribution in [-0.4, -0.2) is 22.8 Å². The molecule has 0 bridgehead atoms. The molecule has 2 saturated carbocycles. The minimum atomic E-state index is -0.717. The fraction of sp³-hybridized carbons (Fsp3) is 0.800. The van der Waals surface area contributed by atoms with Gasteiger partial charge in [0.2, 0.25) is 0 Å². The van der Waals surface area contributed by atoms with Gasteiger partial charge in [0.15, 0.2) is 0 Å². The number of rotatable bonds is 0. The number of carbonyl (C=O) groups excluding carboxylic acids is 1. The maximum absolute atomic E-state index is 11.8. The van der Waals surface area contributed by atoms with E-state index in [1.807, 2.05) is 13.8 Å². The molecule has 18 heavy (non-hydrogen) atoms. The van der Waals surface area contributed by atoms with Crippen LogP contribution in [0.15, 0.2) is 12.2 Å². The Morgan fingerprint density at radius 3 is 2.89 bits per heavy atom. The first-order chi connectivity index (χ1) is 8.42. The van der Waals surface area contributed by atoms with Crippen LogP contribution in [0.3, 0.4) is 0 Å². The summed E-state index contributed by atoms with van der Waals surface area (Å²) in [5, 5.41) is 10.6. The van der Waals surface area contributed by atoms with E-state index in [-0.39, 0.29) is 29.8 Å². The molecule has 2 aliphatic carbocycles. The van der Waals surface area contributed by atoms with Crippen LogP contribution < -0.4 is 0 Å². The molecule has 3 heteroatoms. The van der Waals surface area contributed by atoms with Gasteiger partial charge in [0.05, 0.1) is 11.5 Å². The van der Waals surface area contributed by atoms with Gasteiger partial charge < -0.3 is 9.84 Å². The molecule has 0 unspecified atom stereocenters. The Morgan fingerprint density at radius 1 is 1.44 bits per heavy atom. The van der Waals surface area contributed by atoms with Gasteiger partial charge in [0.25, 0.3) is 0 Å². The molecule has 100 valence electrons. The molecule has 1 saturated heterocycles. The fourth-order valence-electron chi connectivity index (χ4n) is 4.35. The van der Waals surface area contributed by atoms with Crippen LogP contribution in [0, 0.1) is 23.7 Å². The average molecular weight is 250 g/mol. The van der Waals surface area contributed by atoms with Crippen LogP contribution in [0.25, 0.3) is 0 Å². The van der Waals surface area contributed by atoms with E-state index in [9.17, 15) is 9.90 Å². The van der Waals surface area contributed by atoms with Crippen molar-refractivity contribution >= 4 is 5.97 Å². The van der Waals surface area contributed by atoms with Crippen molar-refractivity contribution < 1.29 is 14.6 Å². The number of hydrogen-bond acceptors (Lipinski definition) is 3. The van der Waals surface area contributed by atoms with Gasteiger partial charge in [-0.2, -0.15) is 0 Å². The Hall–Kier alpha value is -0.830. The first kappa shape index (κ1) is 12.2. The molecule has 3 fully saturated rings. The summed E-state index contributed by atoms with van der Waals surface area (Å²) in [6.45, 7) is 8.05. The minimum Gasteiger partial charge on any atom is -0.461 e. The summed E-state index contributed by atoms with van der Waals surface area (Å²) in [7, 11) is 0. The Morgan fingerprint density at radius 2 is 2.17 bits per heavy atom. The zero-order chi connectivity index (χ0) is 13.1. The van der Waals surface area contributed by atoms with Crippen molar-refractivity contribution in [1.82, 2.24) is 0 Å². The molecule has 0 aromatic heterocycles. The van der Waals surface area contributed by atoms with Crippen LogP contribution in [0.5, 0.6) is 0 Å². The molecule has 0 radical (unpaired) electrons. The number of aliphatic hydroxyl groups is 1. The van der Waals surface area contributed by atoms with Crippen molar-refractivity contribution in [3.8, 4) is 0 Å². The topological polar surface area (TPSA) is 46.5 Å². The third-order valence-corrected chi connectivity index (χ3v) is 5.48. The second kappa shape index (κ2) is 3.83. The van der Waals surface area contributed by atoms with Crippen molar-refractivity contribution in [2.75, 3.05) is 0 Å². The largest absolute Gasteiger partial charge is 0.461 e. The van der Waals surface area contributed by atoms with E-state index in [2.05, 4.69) is 6.58 Å². The number of ether oxygens (including phenoxy) is 1. The van der Waals surface area contributed by atoms with Crippen LogP contribution in [-0.2, 0) is 9.53 Å². The number of allylic oxidation sites excluding steroid dienone is 1. The minimum absolute atomic E-state index is 0.0297. The molecule has 3 aliphatic rings. The van der Waals surface area contributed by atoms with Gasteiger partial charge in [-0.25, -0.2) is 0 Å². The molecular weight excluding hydrogens is 228 g/mol. The summed E-state index contributed by atoms with van der Waals surface area (Å²) in [6.07, 6.45) is 3.61. The van der Waals surface area contributed by atoms with Gasteiger partial charge in [-0.3, -0.25) is 4.79 Å². The third-order valence-electron chi connectivity index (χ3n) is 5.48. The van der Waals surface area contributed by atoms with Crippen molar-refractivity contribution in [1.29, 1.82) is 0 Å². The van der Waals surface area contributed by atoms with E-state index in [0.29, 0.717) is 5.92 Å². The number of carbonyl (C=O) groups is 1. The standard InChI is InChI=1S/C15H22O3/c1-8-4-5-11-9(2)14(16)18-13(11)12-10(8)6-7-15(12,3)17/h9-13,17H,1,4-7H2,2-3H3/t9-,10+,11-,12+,13+,15-/m0/s1. The molecule has 0 spiro atoms. The summed E-state index contributed by atoms with van der Waals surface area (Å²) in [6, 6.07) is 0. The fourth-order valence-corrected chi connectivity index (χ4v) is 4.35. The molecule has 3 rings (SSSR count). The summed E-state index contributed by atoms with van der Waals surface area (Å²) in [5.74, 6) is 0.519. The van der Waals surface area contributed by atoms with E-state index >= 15 is 0 Å². The van der Waals surface area contributed by atoms with E-state index in [1.54, 1.807) is 0 Å². The summed E-state index contributed by atoms with van der Waals surface area (Å²) >= 11 is 0. The smallest absolute Gasteiger partial charge is 0.309 e. The van der Waals surface area contributed by atoms with Crippen molar-refractivity contribution in [3.63, 3.8) is 0 Å². The lowest BCUT2D eigenvalue weighted by atomic mass is 9.76. The molecule has 0 amide bonds. The van der Waals surface area contributed by atoms with Gasteiger partial charge in [0.1, 0.15) is 6.10 Å². The highest BCUT2D eigenvalue weighted by Gasteiger charge is 2.57. The van der Waals surface area contributed by atoms with Crippen LogP contribution in [0.4, 0.5) is 0 Å². The summed E-state index contributed by atoms with van der Waals surface area (Å²) < 4.78 is 5.62. The van der Waals surface area contributed by atoms with Gasteiger partial charge >= 0.3 is 5.97 Å². The molecule has 3 nitrogen and oxygen atoms in total. The molecule has 0 aromatic carbocycles. The lowest BCUT2D eigenvalue weighted by Gasteiger charge is -2.34. The van der Waals surface area contributed by atoms with Crippen LogP contribution in [0.2, 0.25) is 0 Å². The maximum Gasteiger partial charge on any atom is 0.309 e. The second-order valence-electron chi connectivity index (χ2n) is 6.58. The van der Waals surface area contributed by atoms with Crippen molar-refractivity contribution in [3.05, 3.63) is 12.2 Å². The quantitative estimate of drug-likeness (QED) is 0.530. The number of esters is 1. The maximum atomic E-state index is 11.8. The predicted octanol–water partition coefficient (Wildman–Crippen LogP) is 2.29. The summed E-state index contributed by atoms with van der Waals surface area (Å²) in [5.41, 5.74) is 0.529. The highest BCUT2D eigenvalue weighted by molar-refractivity contribution is 5.75. The predicted molar refractivity (Wildman–Crippen MR) is 67.7 cm³/mol. The Bertz CT molecular complexity index is 399. The Balaban J connectivity index is 1.99. The zero-order valence-electron chi connectivity index (χ0n) is 11.2. The Labute approximate surface area is 108 Å². The van der Waals surface area contributed by atoms with Gasteiger partial charge in [-0.05, 0) is 38.5 Å². The van der Waals surface area contributed by atoms with E-state index in [0.717, 1.165) is 25.7 Å². The normalized spacial score (nSPS) is 51.6. The van der Waals surface area contributed by atoms with Crippen LogP contribution in [0.1, 0.15) is 39.5 Å². The van der Waals surface area contributed by atoms with E-state index in [4.69, 9.17) is 4.74 Å². The van der Waals surface area contributed by atoms with Crippen molar-refractivity contribution in [2.45, 2.75) is 51.2 Å². The van der Waals surface area contributed by atoms with E-state index in [1.165, 1.54) is 5.57 Å². The van der Waals surface area contributed by atoms with Gasteiger partial charge in [-0.15, -0.1) is 0 Å². The van der Waals surface area contributed by atoms with Gasteiger partial charge in [-0.1, -0.05) is 19.1 Å². The molecule has 1 heterocycles.